The standard InChI is InChI=1S/C13H20N4O/c1-15-13(14)17-9-7-16(8-10-17)11-5-3-4-6-12(11)18-2/h3-6H,7-10H2,1-2H3,(H2,14,15). The Labute approximate surface area is 108 Å². The number of guanidine groups is 1. The van der Waals surface area contributed by atoms with Gasteiger partial charge in [-0.25, -0.2) is 0 Å². The maximum absolute atomic E-state index is 5.82. The van der Waals surface area contributed by atoms with Gasteiger partial charge in [-0.3, -0.25) is 4.99 Å². The third-order valence-corrected chi connectivity index (χ3v) is 3.26. The predicted octanol–water partition coefficient (Wildman–Crippen LogP) is 0.762. The van der Waals surface area contributed by atoms with Gasteiger partial charge >= 0.3 is 0 Å². The second-order valence-corrected chi connectivity index (χ2v) is 4.23. The molecule has 0 radical (unpaired) electrons. The molecule has 5 nitrogen and oxygen atoms in total. The van der Waals surface area contributed by atoms with Crippen LogP contribution in [0, 0.1) is 0 Å². The SMILES string of the molecule is CN=C(N)N1CCN(c2ccccc2OC)CC1. The molecule has 2 rings (SSSR count). The number of benzene rings is 1. The largest absolute Gasteiger partial charge is 0.495 e. The van der Waals surface area contributed by atoms with E-state index in [1.165, 1.54) is 0 Å². The van der Waals surface area contributed by atoms with Crippen LogP contribution in [0.15, 0.2) is 29.3 Å². The maximum atomic E-state index is 5.82. The summed E-state index contributed by atoms with van der Waals surface area (Å²) in [5.74, 6) is 1.54. The molecule has 0 aliphatic carbocycles. The molecule has 0 saturated carbocycles. The van der Waals surface area contributed by atoms with Gasteiger partial charge in [0.25, 0.3) is 0 Å². The average molecular weight is 248 g/mol. The number of nitrogens with zero attached hydrogens (tertiary/aromatic N) is 3. The molecule has 1 fully saturated rings. The van der Waals surface area contributed by atoms with Crippen molar-refractivity contribution in [3.05, 3.63) is 24.3 Å². The Balaban J connectivity index is 2.05. The minimum absolute atomic E-state index is 0.620. The van der Waals surface area contributed by atoms with Crippen LogP contribution in [0.2, 0.25) is 0 Å². The quantitative estimate of drug-likeness (QED) is 0.620. The first-order valence-corrected chi connectivity index (χ1v) is 6.11. The molecule has 1 aliphatic rings. The van der Waals surface area contributed by atoms with Gasteiger partial charge < -0.3 is 20.3 Å². The lowest BCUT2D eigenvalue weighted by atomic mass is 10.2. The molecule has 1 aromatic carbocycles. The normalized spacial score (nSPS) is 16.9. The van der Waals surface area contributed by atoms with Crippen LogP contribution in [0.1, 0.15) is 0 Å². The first-order chi connectivity index (χ1) is 8.76. The topological polar surface area (TPSA) is 54.1 Å². The van der Waals surface area contributed by atoms with Crippen molar-refractivity contribution in [1.82, 2.24) is 4.90 Å². The molecule has 0 unspecified atom stereocenters. The Kier molecular flexibility index (Phi) is 3.92. The zero-order valence-corrected chi connectivity index (χ0v) is 11.0. The first kappa shape index (κ1) is 12.5. The number of hydrogen-bond donors (Lipinski definition) is 1. The van der Waals surface area contributed by atoms with Crippen molar-refractivity contribution in [2.45, 2.75) is 0 Å². The Bertz CT molecular complexity index is 425. The number of methoxy groups -OCH3 is 1. The molecule has 1 aliphatic heterocycles. The minimum Gasteiger partial charge on any atom is -0.495 e. The van der Waals surface area contributed by atoms with Crippen LogP contribution in [0.25, 0.3) is 0 Å². The fourth-order valence-electron chi connectivity index (χ4n) is 2.21. The maximum Gasteiger partial charge on any atom is 0.191 e. The summed E-state index contributed by atoms with van der Waals surface area (Å²) in [5.41, 5.74) is 6.97. The third-order valence-electron chi connectivity index (χ3n) is 3.26. The van der Waals surface area contributed by atoms with Crippen LogP contribution in [-0.4, -0.2) is 51.2 Å². The lowest BCUT2D eigenvalue weighted by Crippen LogP contribution is -2.51. The highest BCUT2D eigenvalue weighted by molar-refractivity contribution is 5.78. The van der Waals surface area contributed by atoms with Crippen molar-refractivity contribution in [2.75, 3.05) is 45.2 Å². The fraction of sp³-hybridized carbons (Fsp3) is 0.462. The van der Waals surface area contributed by atoms with Gasteiger partial charge in [-0.05, 0) is 12.1 Å². The van der Waals surface area contributed by atoms with Gasteiger partial charge in [0.1, 0.15) is 5.75 Å². The van der Waals surface area contributed by atoms with E-state index in [2.05, 4.69) is 20.9 Å². The van der Waals surface area contributed by atoms with Crippen LogP contribution in [0.3, 0.4) is 0 Å². The first-order valence-electron chi connectivity index (χ1n) is 6.11. The van der Waals surface area contributed by atoms with E-state index in [0.717, 1.165) is 37.6 Å². The van der Waals surface area contributed by atoms with Crippen molar-refractivity contribution in [3.63, 3.8) is 0 Å². The Morgan fingerprint density at radius 1 is 1.22 bits per heavy atom. The number of piperazine rings is 1. The smallest absolute Gasteiger partial charge is 0.191 e. The summed E-state index contributed by atoms with van der Waals surface area (Å²) in [4.78, 5) is 8.44. The summed E-state index contributed by atoms with van der Waals surface area (Å²) in [6, 6.07) is 8.10. The molecular formula is C13H20N4O. The zero-order chi connectivity index (χ0) is 13.0. The predicted molar refractivity (Wildman–Crippen MR) is 74.3 cm³/mol. The number of hydrogen-bond acceptors (Lipinski definition) is 3. The van der Waals surface area contributed by atoms with Crippen molar-refractivity contribution in [1.29, 1.82) is 0 Å². The van der Waals surface area contributed by atoms with Gasteiger partial charge in [0.2, 0.25) is 0 Å². The zero-order valence-electron chi connectivity index (χ0n) is 11.0. The van der Waals surface area contributed by atoms with Crippen LogP contribution >= 0.6 is 0 Å². The molecule has 1 saturated heterocycles. The Morgan fingerprint density at radius 2 is 1.89 bits per heavy atom. The van der Waals surface area contributed by atoms with Gasteiger partial charge in [0, 0.05) is 33.2 Å². The van der Waals surface area contributed by atoms with Crippen molar-refractivity contribution >= 4 is 11.6 Å². The number of para-hydroxylation sites is 2. The van der Waals surface area contributed by atoms with Crippen molar-refractivity contribution < 1.29 is 4.74 Å². The lowest BCUT2D eigenvalue weighted by molar-refractivity contribution is 0.374. The molecule has 0 bridgehead atoms. The van der Waals surface area contributed by atoms with Crippen molar-refractivity contribution in [3.8, 4) is 5.75 Å². The van der Waals surface area contributed by atoms with E-state index in [9.17, 15) is 0 Å². The number of rotatable bonds is 2. The summed E-state index contributed by atoms with van der Waals surface area (Å²) in [7, 11) is 3.43. The van der Waals surface area contributed by atoms with E-state index in [4.69, 9.17) is 10.5 Å². The van der Waals surface area contributed by atoms with Gasteiger partial charge in [-0.2, -0.15) is 0 Å². The van der Waals surface area contributed by atoms with Gasteiger partial charge in [0.05, 0.1) is 12.8 Å². The van der Waals surface area contributed by atoms with E-state index < -0.39 is 0 Å². The summed E-state index contributed by atoms with van der Waals surface area (Å²) >= 11 is 0. The second-order valence-electron chi connectivity index (χ2n) is 4.23. The molecule has 1 aromatic rings. The summed E-state index contributed by atoms with van der Waals surface area (Å²) < 4.78 is 5.39. The highest BCUT2D eigenvalue weighted by atomic mass is 16.5. The van der Waals surface area contributed by atoms with Crippen molar-refractivity contribution in [2.24, 2.45) is 10.7 Å². The molecule has 98 valence electrons. The van der Waals surface area contributed by atoms with E-state index in [1.54, 1.807) is 14.2 Å². The highest BCUT2D eigenvalue weighted by Crippen LogP contribution is 2.28. The summed E-state index contributed by atoms with van der Waals surface area (Å²) in [5, 5.41) is 0. The van der Waals surface area contributed by atoms with Crippen LogP contribution < -0.4 is 15.4 Å². The van der Waals surface area contributed by atoms with Gasteiger partial charge in [-0.1, -0.05) is 12.1 Å². The highest BCUT2D eigenvalue weighted by Gasteiger charge is 2.20. The lowest BCUT2D eigenvalue weighted by Gasteiger charge is -2.37. The monoisotopic (exact) mass is 248 g/mol. The van der Waals surface area contributed by atoms with E-state index >= 15 is 0 Å². The van der Waals surface area contributed by atoms with Crippen LogP contribution in [0.4, 0.5) is 5.69 Å². The average Bonchev–Trinajstić information content (AvgIpc) is 2.46. The Morgan fingerprint density at radius 3 is 2.50 bits per heavy atom. The molecule has 0 aromatic heterocycles. The Hall–Kier alpha value is -1.91. The van der Waals surface area contributed by atoms with E-state index in [0.29, 0.717) is 5.96 Å². The second kappa shape index (κ2) is 5.62. The molecule has 2 N–H and O–H groups in total. The van der Waals surface area contributed by atoms with Crippen LogP contribution in [0.5, 0.6) is 5.75 Å². The molecule has 0 amide bonds. The van der Waals surface area contributed by atoms with E-state index in [1.807, 2.05) is 18.2 Å². The molecular weight excluding hydrogens is 228 g/mol. The molecule has 0 spiro atoms. The number of nitrogens with two attached hydrogens (primary N) is 1. The van der Waals surface area contributed by atoms with Gasteiger partial charge in [0.15, 0.2) is 5.96 Å². The minimum atomic E-state index is 0.620. The number of ether oxygens (including phenoxy) is 1. The fourth-order valence-corrected chi connectivity index (χ4v) is 2.21. The molecule has 5 heteroatoms. The van der Waals surface area contributed by atoms with E-state index in [-0.39, 0.29) is 0 Å². The molecule has 1 heterocycles. The van der Waals surface area contributed by atoms with Crippen LogP contribution in [-0.2, 0) is 0 Å². The molecule has 0 atom stereocenters. The number of anilines is 1. The third kappa shape index (κ3) is 2.50. The molecule has 18 heavy (non-hydrogen) atoms. The van der Waals surface area contributed by atoms with Gasteiger partial charge in [-0.15, -0.1) is 0 Å². The summed E-state index contributed by atoms with van der Waals surface area (Å²) in [6.45, 7) is 3.63. The summed E-state index contributed by atoms with van der Waals surface area (Å²) in [6.07, 6.45) is 0. The number of aliphatic imine (C=N–C) groups is 1.